The Hall–Kier alpha value is -1.98. The molecule has 2 aliphatic rings. The molecule has 0 atom stereocenters. The lowest BCUT2D eigenvalue weighted by Gasteiger charge is -2.39. The molecule has 178 valence electrons. The van der Waals surface area contributed by atoms with Crippen LogP contribution < -0.4 is 0 Å². The van der Waals surface area contributed by atoms with Gasteiger partial charge in [0.1, 0.15) is 5.03 Å². The Morgan fingerprint density at radius 2 is 1.62 bits per heavy atom. The van der Waals surface area contributed by atoms with E-state index in [1.165, 1.54) is 11.8 Å². The molecule has 0 N–H and O–H groups in total. The van der Waals surface area contributed by atoms with Crippen LogP contribution in [0.5, 0.6) is 0 Å². The van der Waals surface area contributed by atoms with Crippen LogP contribution in [0.25, 0.3) is 0 Å². The van der Waals surface area contributed by atoms with E-state index in [0.29, 0.717) is 42.9 Å². The van der Waals surface area contributed by atoms with E-state index in [0.717, 1.165) is 4.90 Å². The van der Waals surface area contributed by atoms with Crippen LogP contribution in [0.15, 0.2) is 23.4 Å². The Bertz CT molecular complexity index is 838. The minimum absolute atomic E-state index is 0.110. The average Bonchev–Trinajstić information content (AvgIpc) is 3.14. The number of likely N-dealkylation sites (tertiary alicyclic amines) is 2. The van der Waals surface area contributed by atoms with Crippen molar-refractivity contribution in [2.75, 3.05) is 32.4 Å². The van der Waals surface area contributed by atoms with E-state index < -0.39 is 36.0 Å². The van der Waals surface area contributed by atoms with E-state index in [1.54, 1.807) is 23.2 Å². The predicted molar refractivity (Wildman–Crippen MR) is 105 cm³/mol. The SMILES string of the molecule is CSc1ncccc1C(=O)N1CCC2(CCN(C(=O)CC(C(F)(F)F)C(F)(F)F)C2)CC1. The molecule has 12 heteroatoms. The normalized spacial score (nSPS) is 19.1. The molecule has 5 nitrogen and oxygen atoms in total. The first-order chi connectivity index (χ1) is 14.9. The first-order valence-corrected chi connectivity index (χ1v) is 11.3. The molecule has 2 fully saturated rings. The average molecular weight is 483 g/mol. The Kier molecular flexibility index (Phi) is 7.02. The van der Waals surface area contributed by atoms with Gasteiger partial charge in [0.05, 0.1) is 5.56 Å². The van der Waals surface area contributed by atoms with Gasteiger partial charge in [-0.3, -0.25) is 9.59 Å². The number of pyridine rings is 1. The zero-order valence-electron chi connectivity index (χ0n) is 17.3. The lowest BCUT2D eigenvalue weighted by atomic mass is 9.77. The highest BCUT2D eigenvalue weighted by Gasteiger charge is 2.58. The summed E-state index contributed by atoms with van der Waals surface area (Å²) < 4.78 is 76.7. The van der Waals surface area contributed by atoms with Crippen LogP contribution in [-0.4, -0.2) is 71.4 Å². The Morgan fingerprint density at radius 1 is 1.06 bits per heavy atom. The number of piperidine rings is 1. The molecule has 0 saturated carbocycles. The number of hydrogen-bond donors (Lipinski definition) is 0. The molecular weight excluding hydrogens is 460 g/mol. The summed E-state index contributed by atoms with van der Waals surface area (Å²) in [7, 11) is 0. The molecule has 3 rings (SSSR count). The molecule has 0 aromatic carbocycles. The monoisotopic (exact) mass is 483 g/mol. The number of hydrogen-bond acceptors (Lipinski definition) is 4. The molecule has 0 aliphatic carbocycles. The van der Waals surface area contributed by atoms with Crippen molar-refractivity contribution in [3.63, 3.8) is 0 Å². The first kappa shape index (κ1) is 24.7. The van der Waals surface area contributed by atoms with Gasteiger partial charge in [-0.1, -0.05) is 0 Å². The quantitative estimate of drug-likeness (QED) is 0.471. The summed E-state index contributed by atoms with van der Waals surface area (Å²) in [4.78, 5) is 32.1. The van der Waals surface area contributed by atoms with Gasteiger partial charge in [-0.25, -0.2) is 4.98 Å². The zero-order valence-corrected chi connectivity index (χ0v) is 18.1. The summed E-state index contributed by atoms with van der Waals surface area (Å²) in [6, 6.07) is 3.37. The molecule has 2 aliphatic heterocycles. The van der Waals surface area contributed by atoms with E-state index in [1.807, 2.05) is 6.26 Å². The molecule has 2 amide bonds. The van der Waals surface area contributed by atoms with Crippen LogP contribution >= 0.6 is 11.8 Å². The van der Waals surface area contributed by atoms with Crippen LogP contribution in [0.2, 0.25) is 0 Å². The molecule has 0 unspecified atom stereocenters. The first-order valence-electron chi connectivity index (χ1n) is 10.1. The summed E-state index contributed by atoms with van der Waals surface area (Å²) in [6.07, 6.45) is -7.73. The number of alkyl halides is 6. The van der Waals surface area contributed by atoms with Crippen LogP contribution in [0, 0.1) is 11.3 Å². The number of halogens is 6. The highest BCUT2D eigenvalue weighted by molar-refractivity contribution is 7.98. The van der Waals surface area contributed by atoms with Crippen molar-refractivity contribution in [1.29, 1.82) is 0 Å². The van der Waals surface area contributed by atoms with E-state index in [9.17, 15) is 35.9 Å². The smallest absolute Gasteiger partial charge is 0.342 e. The molecular formula is C20H23F6N3O2S. The second kappa shape index (κ2) is 9.11. The van der Waals surface area contributed by atoms with Gasteiger partial charge in [-0.05, 0) is 43.1 Å². The van der Waals surface area contributed by atoms with Crippen LogP contribution in [-0.2, 0) is 4.79 Å². The van der Waals surface area contributed by atoms with Crippen molar-refractivity contribution in [1.82, 2.24) is 14.8 Å². The zero-order chi connectivity index (χ0) is 23.7. The maximum Gasteiger partial charge on any atom is 0.400 e. The fraction of sp³-hybridized carbons (Fsp3) is 0.650. The number of rotatable bonds is 4. The summed E-state index contributed by atoms with van der Waals surface area (Å²) in [5.41, 5.74) is 0.0971. The maximum atomic E-state index is 12.9. The Morgan fingerprint density at radius 3 is 2.16 bits per heavy atom. The molecule has 0 bridgehead atoms. The largest absolute Gasteiger partial charge is 0.400 e. The fourth-order valence-electron chi connectivity index (χ4n) is 4.35. The number of thioether (sulfide) groups is 1. The summed E-state index contributed by atoms with van der Waals surface area (Å²) >= 11 is 1.36. The molecule has 0 radical (unpaired) electrons. The standard InChI is InChI=1S/C20H23F6N3O2S/c1-32-16-13(3-2-7-27-16)17(31)28-8-4-18(5-9-28)6-10-29(12-18)15(30)11-14(19(21,22)23)20(24,25)26/h2-3,7,14H,4-6,8-12H2,1H3. The minimum Gasteiger partial charge on any atom is -0.342 e. The van der Waals surface area contributed by atoms with Crippen molar-refractivity contribution in [3.8, 4) is 0 Å². The highest BCUT2D eigenvalue weighted by Crippen LogP contribution is 2.44. The van der Waals surface area contributed by atoms with Crippen LogP contribution in [0.3, 0.4) is 0 Å². The third-order valence-corrected chi connectivity index (χ3v) is 6.98. The molecule has 2 saturated heterocycles. The van der Waals surface area contributed by atoms with E-state index >= 15 is 0 Å². The number of amides is 2. The van der Waals surface area contributed by atoms with Crippen molar-refractivity contribution in [2.45, 2.75) is 43.1 Å². The molecule has 1 aromatic rings. The van der Waals surface area contributed by atoms with Crippen molar-refractivity contribution < 1.29 is 35.9 Å². The third-order valence-electron chi connectivity index (χ3n) is 6.27. The Balaban J connectivity index is 1.60. The lowest BCUT2D eigenvalue weighted by Crippen LogP contribution is -2.45. The number of carbonyl (C=O) groups excluding carboxylic acids is 2. The Labute approximate surface area is 185 Å². The van der Waals surface area contributed by atoms with E-state index in [2.05, 4.69) is 4.98 Å². The van der Waals surface area contributed by atoms with Gasteiger partial charge in [0.15, 0.2) is 5.92 Å². The second-order valence-electron chi connectivity index (χ2n) is 8.26. The summed E-state index contributed by atoms with van der Waals surface area (Å²) in [5, 5.41) is 0.610. The van der Waals surface area contributed by atoms with Crippen LogP contribution in [0.4, 0.5) is 26.3 Å². The van der Waals surface area contributed by atoms with Gasteiger partial charge < -0.3 is 9.80 Å². The van der Waals surface area contributed by atoms with E-state index in [-0.39, 0.29) is 19.0 Å². The number of aromatic nitrogens is 1. The molecule has 1 aromatic heterocycles. The van der Waals surface area contributed by atoms with Crippen molar-refractivity contribution >= 4 is 23.6 Å². The van der Waals surface area contributed by atoms with Gasteiger partial charge in [-0.15, -0.1) is 11.8 Å². The summed E-state index contributed by atoms with van der Waals surface area (Å²) in [6.45, 7) is 1.03. The third kappa shape index (κ3) is 5.32. The predicted octanol–water partition coefficient (Wildman–Crippen LogP) is 4.39. The fourth-order valence-corrected chi connectivity index (χ4v) is 4.89. The number of nitrogens with zero attached hydrogens (tertiary/aromatic N) is 3. The number of carbonyl (C=O) groups is 2. The van der Waals surface area contributed by atoms with Gasteiger partial charge in [0, 0.05) is 38.8 Å². The van der Waals surface area contributed by atoms with Gasteiger partial charge >= 0.3 is 12.4 Å². The van der Waals surface area contributed by atoms with E-state index in [4.69, 9.17) is 0 Å². The highest BCUT2D eigenvalue weighted by atomic mass is 32.2. The summed E-state index contributed by atoms with van der Waals surface area (Å²) in [5.74, 6) is -4.97. The van der Waals surface area contributed by atoms with Crippen molar-refractivity contribution in [3.05, 3.63) is 23.9 Å². The second-order valence-corrected chi connectivity index (χ2v) is 9.05. The topological polar surface area (TPSA) is 53.5 Å². The molecule has 3 heterocycles. The molecule has 1 spiro atoms. The van der Waals surface area contributed by atoms with Crippen molar-refractivity contribution in [2.24, 2.45) is 11.3 Å². The van der Waals surface area contributed by atoms with Gasteiger partial charge in [-0.2, -0.15) is 26.3 Å². The van der Waals surface area contributed by atoms with Gasteiger partial charge in [0.2, 0.25) is 5.91 Å². The lowest BCUT2D eigenvalue weighted by molar-refractivity contribution is -0.284. The van der Waals surface area contributed by atoms with Gasteiger partial charge in [0.25, 0.3) is 5.91 Å². The van der Waals surface area contributed by atoms with Crippen LogP contribution in [0.1, 0.15) is 36.0 Å². The minimum atomic E-state index is -5.53. The maximum absolute atomic E-state index is 12.9. The molecule has 32 heavy (non-hydrogen) atoms.